The first-order valence-electron chi connectivity index (χ1n) is 9.09. The van der Waals surface area contributed by atoms with Crippen LogP contribution in [0.1, 0.15) is 70.0 Å². The Balaban J connectivity index is 0.00000312. The first-order valence-corrected chi connectivity index (χ1v) is 9.97. The van der Waals surface area contributed by atoms with Crippen molar-refractivity contribution in [2.45, 2.75) is 71.9 Å². The maximum absolute atomic E-state index is 10.3. The molecule has 1 fully saturated rings. The van der Waals surface area contributed by atoms with Gasteiger partial charge in [-0.05, 0) is 25.7 Å². The monoisotopic (exact) mass is 480 g/mol. The Morgan fingerprint density at radius 3 is 2.80 bits per heavy atom. The van der Waals surface area contributed by atoms with Crippen LogP contribution in [0.15, 0.2) is 10.4 Å². The van der Waals surface area contributed by atoms with Crippen LogP contribution in [0.25, 0.3) is 0 Å². The summed E-state index contributed by atoms with van der Waals surface area (Å²) in [6.07, 6.45) is 4.06. The van der Waals surface area contributed by atoms with E-state index in [1.165, 1.54) is 6.42 Å². The highest BCUT2D eigenvalue weighted by Gasteiger charge is 2.35. The second-order valence-electron chi connectivity index (χ2n) is 7.29. The Morgan fingerprint density at radius 2 is 2.20 bits per heavy atom. The third kappa shape index (κ3) is 6.67. The number of rotatable bonds is 6. The number of halogens is 1. The molecule has 0 spiro atoms. The van der Waals surface area contributed by atoms with Gasteiger partial charge in [0, 0.05) is 23.9 Å². The van der Waals surface area contributed by atoms with Crippen LogP contribution in [0.2, 0.25) is 0 Å². The second-order valence-corrected chi connectivity index (χ2v) is 8.23. The first-order chi connectivity index (χ1) is 11.4. The molecule has 0 bridgehead atoms. The highest BCUT2D eigenvalue weighted by Crippen LogP contribution is 2.35. The van der Waals surface area contributed by atoms with Crippen molar-refractivity contribution in [3.63, 3.8) is 0 Å². The largest absolute Gasteiger partial charge is 0.392 e. The van der Waals surface area contributed by atoms with Crippen molar-refractivity contribution in [3.8, 4) is 0 Å². The van der Waals surface area contributed by atoms with E-state index in [2.05, 4.69) is 53.7 Å². The molecule has 0 saturated heterocycles. The summed E-state index contributed by atoms with van der Waals surface area (Å²) in [6, 6.07) is 0. The van der Waals surface area contributed by atoms with E-state index in [0.717, 1.165) is 49.0 Å². The second kappa shape index (κ2) is 10.7. The SMILES string of the molecule is CCNC(=NCc1nc(C(C)C)cs1)NCC1(C)CCCCC1O.I. The summed E-state index contributed by atoms with van der Waals surface area (Å²) in [7, 11) is 0. The number of hydrogen-bond acceptors (Lipinski definition) is 4. The molecule has 7 heteroatoms. The lowest BCUT2D eigenvalue weighted by atomic mass is 9.73. The standard InChI is InChI=1S/C18H32N4OS.HI/c1-5-19-17(20-10-16-22-14(11-24-16)13(2)3)21-12-18(4)9-7-6-8-15(18)23;/h11,13,15,23H,5-10,12H2,1-4H3,(H2,19,20,21);1H. The molecule has 25 heavy (non-hydrogen) atoms. The Kier molecular flexibility index (Phi) is 9.66. The number of nitrogens with zero attached hydrogens (tertiary/aromatic N) is 2. The minimum absolute atomic E-state index is 0. The molecule has 2 rings (SSSR count). The van der Waals surface area contributed by atoms with Gasteiger partial charge in [0.25, 0.3) is 0 Å². The van der Waals surface area contributed by atoms with Crippen molar-refractivity contribution in [3.05, 3.63) is 16.1 Å². The lowest BCUT2D eigenvalue weighted by Gasteiger charge is -2.38. The molecule has 2 atom stereocenters. The zero-order valence-electron chi connectivity index (χ0n) is 15.8. The van der Waals surface area contributed by atoms with Gasteiger partial charge in [-0.25, -0.2) is 9.98 Å². The number of thiazole rings is 1. The Bertz CT molecular complexity index is 549. The molecule has 1 aliphatic carbocycles. The van der Waals surface area contributed by atoms with Gasteiger partial charge in [0.2, 0.25) is 0 Å². The number of guanidine groups is 1. The molecule has 0 amide bonds. The molecule has 0 aliphatic heterocycles. The van der Waals surface area contributed by atoms with Gasteiger partial charge in [-0.1, -0.05) is 33.6 Å². The Labute approximate surface area is 173 Å². The maximum atomic E-state index is 10.3. The van der Waals surface area contributed by atoms with Crippen LogP contribution in [-0.2, 0) is 6.54 Å². The van der Waals surface area contributed by atoms with Gasteiger partial charge < -0.3 is 15.7 Å². The summed E-state index contributed by atoms with van der Waals surface area (Å²) < 4.78 is 0. The van der Waals surface area contributed by atoms with E-state index in [0.29, 0.717) is 12.5 Å². The Morgan fingerprint density at radius 1 is 1.44 bits per heavy atom. The van der Waals surface area contributed by atoms with Gasteiger partial charge in [-0.15, -0.1) is 35.3 Å². The molecule has 1 aromatic heterocycles. The van der Waals surface area contributed by atoms with Gasteiger partial charge in [-0.3, -0.25) is 0 Å². The summed E-state index contributed by atoms with van der Waals surface area (Å²) in [5.74, 6) is 1.26. The zero-order valence-corrected chi connectivity index (χ0v) is 19.0. The van der Waals surface area contributed by atoms with E-state index in [1.807, 2.05) is 0 Å². The van der Waals surface area contributed by atoms with Crippen LogP contribution in [0.4, 0.5) is 0 Å². The van der Waals surface area contributed by atoms with E-state index >= 15 is 0 Å². The van der Waals surface area contributed by atoms with Crippen molar-refractivity contribution in [2.75, 3.05) is 13.1 Å². The summed E-state index contributed by atoms with van der Waals surface area (Å²) in [6.45, 7) is 10.7. The normalized spacial score (nSPS) is 24.1. The number of nitrogens with one attached hydrogen (secondary N) is 2. The quantitative estimate of drug-likeness (QED) is 0.329. The van der Waals surface area contributed by atoms with Crippen molar-refractivity contribution in [1.29, 1.82) is 0 Å². The minimum atomic E-state index is -0.228. The van der Waals surface area contributed by atoms with Crippen molar-refractivity contribution < 1.29 is 5.11 Å². The molecule has 1 aliphatic rings. The summed E-state index contributed by atoms with van der Waals surface area (Å²) >= 11 is 1.67. The third-order valence-corrected chi connectivity index (χ3v) is 5.67. The van der Waals surface area contributed by atoms with E-state index in [-0.39, 0.29) is 35.5 Å². The first kappa shape index (κ1) is 22.6. The lowest BCUT2D eigenvalue weighted by molar-refractivity contribution is 0.00397. The van der Waals surface area contributed by atoms with Crippen LogP contribution in [0.3, 0.4) is 0 Å². The van der Waals surface area contributed by atoms with Gasteiger partial charge in [0.05, 0.1) is 18.3 Å². The highest BCUT2D eigenvalue weighted by atomic mass is 127. The molecular formula is C18H33IN4OS. The summed E-state index contributed by atoms with van der Waals surface area (Å²) in [4.78, 5) is 9.29. The van der Waals surface area contributed by atoms with Crippen LogP contribution in [0, 0.1) is 5.41 Å². The Hall–Kier alpha value is -0.410. The van der Waals surface area contributed by atoms with E-state index in [9.17, 15) is 5.11 Å². The molecule has 1 heterocycles. The van der Waals surface area contributed by atoms with Gasteiger partial charge in [0.15, 0.2) is 5.96 Å². The third-order valence-electron chi connectivity index (χ3n) is 4.82. The molecule has 5 nitrogen and oxygen atoms in total. The smallest absolute Gasteiger partial charge is 0.191 e. The van der Waals surface area contributed by atoms with Crippen LogP contribution in [-0.4, -0.2) is 35.2 Å². The molecule has 1 aromatic rings. The fourth-order valence-electron chi connectivity index (χ4n) is 3.02. The molecule has 144 valence electrons. The van der Waals surface area contributed by atoms with Crippen molar-refractivity contribution in [2.24, 2.45) is 10.4 Å². The van der Waals surface area contributed by atoms with Crippen molar-refractivity contribution >= 4 is 41.3 Å². The molecule has 0 aromatic carbocycles. The van der Waals surface area contributed by atoms with E-state index < -0.39 is 0 Å². The number of aromatic nitrogens is 1. The zero-order chi connectivity index (χ0) is 17.6. The molecule has 0 radical (unpaired) electrons. The average Bonchev–Trinajstić information content (AvgIpc) is 3.02. The average molecular weight is 480 g/mol. The van der Waals surface area contributed by atoms with Gasteiger partial charge >= 0.3 is 0 Å². The van der Waals surface area contributed by atoms with Gasteiger partial charge in [0.1, 0.15) is 5.01 Å². The van der Waals surface area contributed by atoms with Gasteiger partial charge in [-0.2, -0.15) is 0 Å². The molecule has 3 N–H and O–H groups in total. The molecular weight excluding hydrogens is 447 g/mol. The summed E-state index contributed by atoms with van der Waals surface area (Å²) in [5.41, 5.74) is 1.07. The predicted octanol–water partition coefficient (Wildman–Crippen LogP) is 3.88. The van der Waals surface area contributed by atoms with Crippen LogP contribution >= 0.6 is 35.3 Å². The van der Waals surface area contributed by atoms with Crippen molar-refractivity contribution in [1.82, 2.24) is 15.6 Å². The maximum Gasteiger partial charge on any atom is 0.191 e. The van der Waals surface area contributed by atoms with E-state index in [1.54, 1.807) is 11.3 Å². The van der Waals surface area contributed by atoms with Crippen LogP contribution in [0.5, 0.6) is 0 Å². The predicted molar refractivity (Wildman–Crippen MR) is 117 cm³/mol. The van der Waals surface area contributed by atoms with Crippen LogP contribution < -0.4 is 10.6 Å². The lowest BCUT2D eigenvalue weighted by Crippen LogP contribution is -2.48. The molecule has 2 unspecified atom stereocenters. The summed E-state index contributed by atoms with van der Waals surface area (Å²) in [5, 5.41) is 20.2. The molecule has 1 saturated carbocycles. The number of aliphatic hydroxyl groups is 1. The minimum Gasteiger partial charge on any atom is -0.392 e. The number of aliphatic imine (C=N–C) groups is 1. The number of hydrogen-bond donors (Lipinski definition) is 3. The fraction of sp³-hybridized carbons (Fsp3) is 0.778. The topological polar surface area (TPSA) is 69.5 Å². The van der Waals surface area contributed by atoms with E-state index in [4.69, 9.17) is 0 Å². The highest BCUT2D eigenvalue weighted by molar-refractivity contribution is 14.0. The fourth-order valence-corrected chi connectivity index (χ4v) is 3.90. The number of aliphatic hydroxyl groups excluding tert-OH is 1.